The van der Waals surface area contributed by atoms with Crippen molar-refractivity contribution in [3.63, 3.8) is 0 Å². The zero-order valence-electron chi connectivity index (χ0n) is 12.1. The van der Waals surface area contributed by atoms with Gasteiger partial charge < -0.3 is 10.6 Å². The maximum Gasteiger partial charge on any atom is 0.237 e. The number of hydrogen-bond acceptors (Lipinski definition) is 3. The molecule has 2 aromatic rings. The summed E-state index contributed by atoms with van der Waals surface area (Å²) in [6.07, 6.45) is 4.32. The third kappa shape index (κ3) is 3.11. The summed E-state index contributed by atoms with van der Waals surface area (Å²) in [6.45, 7) is 3.30. The van der Waals surface area contributed by atoms with E-state index in [9.17, 15) is 4.79 Å². The Bertz CT molecular complexity index is 654. The minimum atomic E-state index is -0.151. The maximum atomic E-state index is 12.3. The van der Waals surface area contributed by atoms with E-state index in [0.717, 1.165) is 24.1 Å². The van der Waals surface area contributed by atoms with Crippen LogP contribution in [0.4, 0.5) is 0 Å². The first kappa shape index (κ1) is 13.8. The minimum absolute atomic E-state index is 0.0562. The van der Waals surface area contributed by atoms with Gasteiger partial charge in [-0.25, -0.2) is 0 Å². The molecule has 1 atom stereocenters. The summed E-state index contributed by atoms with van der Waals surface area (Å²) in [5.41, 5.74) is 4.75. The first-order chi connectivity index (χ1) is 10.2. The molecule has 0 aliphatic carbocycles. The molecule has 1 unspecified atom stereocenters. The molecule has 2 N–H and O–H groups in total. The fourth-order valence-electron chi connectivity index (χ4n) is 2.65. The molecule has 2 heterocycles. The van der Waals surface area contributed by atoms with Crippen molar-refractivity contribution in [2.75, 3.05) is 0 Å². The Kier molecular flexibility index (Phi) is 3.97. The molecule has 0 fully saturated rings. The van der Waals surface area contributed by atoms with Crippen LogP contribution in [0.25, 0.3) is 0 Å². The number of amides is 1. The second-order valence-corrected chi connectivity index (χ2v) is 5.43. The Morgan fingerprint density at radius 2 is 2.14 bits per heavy atom. The lowest BCUT2D eigenvalue weighted by Crippen LogP contribution is -2.47. The number of aryl methyl sites for hydroxylation is 1. The average Bonchev–Trinajstić information content (AvgIpc) is 2.53. The predicted molar refractivity (Wildman–Crippen MR) is 81.6 cm³/mol. The fourth-order valence-corrected chi connectivity index (χ4v) is 2.65. The first-order valence-electron chi connectivity index (χ1n) is 7.21. The molecule has 0 radical (unpaired) electrons. The molecule has 1 aliphatic rings. The lowest BCUT2D eigenvalue weighted by molar-refractivity contribution is -0.123. The van der Waals surface area contributed by atoms with Gasteiger partial charge in [0.15, 0.2) is 0 Å². The molecule has 108 valence electrons. The lowest BCUT2D eigenvalue weighted by Gasteiger charge is -2.25. The predicted octanol–water partition coefficient (Wildman–Crippen LogP) is 1.72. The van der Waals surface area contributed by atoms with E-state index in [-0.39, 0.29) is 11.9 Å². The molecular formula is C17H19N3O. The second kappa shape index (κ2) is 6.06. The number of carbonyl (C=O) groups is 1. The smallest absolute Gasteiger partial charge is 0.237 e. The molecular weight excluding hydrogens is 262 g/mol. The Hall–Kier alpha value is -2.20. The minimum Gasteiger partial charge on any atom is -0.351 e. The zero-order chi connectivity index (χ0) is 14.7. The molecule has 0 saturated carbocycles. The van der Waals surface area contributed by atoms with Crippen molar-refractivity contribution in [1.82, 2.24) is 15.6 Å². The number of nitrogens with zero attached hydrogens (tertiary/aromatic N) is 1. The van der Waals surface area contributed by atoms with Crippen LogP contribution in [-0.2, 0) is 24.3 Å². The van der Waals surface area contributed by atoms with Gasteiger partial charge in [-0.1, -0.05) is 24.3 Å². The van der Waals surface area contributed by atoms with E-state index in [0.29, 0.717) is 6.54 Å². The summed E-state index contributed by atoms with van der Waals surface area (Å²) >= 11 is 0. The van der Waals surface area contributed by atoms with Crippen molar-refractivity contribution in [3.05, 3.63) is 65.0 Å². The number of benzene rings is 1. The highest BCUT2D eigenvalue weighted by Crippen LogP contribution is 2.16. The van der Waals surface area contributed by atoms with Crippen LogP contribution in [0.1, 0.15) is 22.3 Å². The highest BCUT2D eigenvalue weighted by Gasteiger charge is 2.23. The first-order valence-corrected chi connectivity index (χ1v) is 7.21. The summed E-state index contributed by atoms with van der Waals surface area (Å²) in [5.74, 6) is 0.0562. The Morgan fingerprint density at radius 1 is 1.33 bits per heavy atom. The molecule has 1 amide bonds. The third-order valence-electron chi connectivity index (χ3n) is 3.99. The third-order valence-corrected chi connectivity index (χ3v) is 3.99. The van der Waals surface area contributed by atoms with Crippen LogP contribution < -0.4 is 10.6 Å². The van der Waals surface area contributed by atoms with Crippen molar-refractivity contribution in [3.8, 4) is 0 Å². The monoisotopic (exact) mass is 281 g/mol. The van der Waals surface area contributed by atoms with E-state index in [1.165, 1.54) is 11.1 Å². The molecule has 21 heavy (non-hydrogen) atoms. The van der Waals surface area contributed by atoms with Crippen molar-refractivity contribution < 1.29 is 4.79 Å². The van der Waals surface area contributed by atoms with Crippen molar-refractivity contribution >= 4 is 5.91 Å². The lowest BCUT2D eigenvalue weighted by atomic mass is 9.95. The molecule has 0 bridgehead atoms. The summed E-state index contributed by atoms with van der Waals surface area (Å²) in [4.78, 5) is 16.4. The van der Waals surface area contributed by atoms with E-state index in [2.05, 4.69) is 27.8 Å². The van der Waals surface area contributed by atoms with E-state index in [4.69, 9.17) is 0 Å². The van der Waals surface area contributed by atoms with E-state index in [1.807, 2.05) is 31.3 Å². The second-order valence-electron chi connectivity index (χ2n) is 5.43. The molecule has 0 spiro atoms. The Morgan fingerprint density at radius 3 is 2.95 bits per heavy atom. The van der Waals surface area contributed by atoms with Gasteiger partial charge in [-0.15, -0.1) is 0 Å². The van der Waals surface area contributed by atoms with Crippen molar-refractivity contribution in [2.24, 2.45) is 0 Å². The standard InChI is InChI=1S/C17H19N3O/c1-12-9-18-7-6-14(12)10-20-17(21)16-8-13-4-2-3-5-15(13)11-19-16/h2-7,9,16,19H,8,10-11H2,1H3,(H,20,21). The van der Waals surface area contributed by atoms with Gasteiger partial charge in [-0.3, -0.25) is 9.78 Å². The van der Waals surface area contributed by atoms with Gasteiger partial charge in [-0.2, -0.15) is 0 Å². The van der Waals surface area contributed by atoms with Crippen LogP contribution in [0.15, 0.2) is 42.7 Å². The molecule has 1 aliphatic heterocycles. The number of pyridine rings is 1. The number of nitrogens with one attached hydrogen (secondary N) is 2. The van der Waals surface area contributed by atoms with E-state index >= 15 is 0 Å². The van der Waals surface area contributed by atoms with Gasteiger partial charge in [0, 0.05) is 25.5 Å². The molecule has 1 aromatic heterocycles. The SMILES string of the molecule is Cc1cnccc1CNC(=O)C1Cc2ccccc2CN1. The highest BCUT2D eigenvalue weighted by molar-refractivity contribution is 5.82. The summed E-state index contributed by atoms with van der Waals surface area (Å²) in [5, 5.41) is 6.31. The van der Waals surface area contributed by atoms with Crippen LogP contribution in [0.5, 0.6) is 0 Å². The molecule has 4 heteroatoms. The van der Waals surface area contributed by atoms with Crippen molar-refractivity contribution in [2.45, 2.75) is 32.5 Å². The topological polar surface area (TPSA) is 54.0 Å². The van der Waals surface area contributed by atoms with Gasteiger partial charge in [0.1, 0.15) is 0 Å². The zero-order valence-corrected chi connectivity index (χ0v) is 12.1. The summed E-state index contributed by atoms with van der Waals surface area (Å²) in [7, 11) is 0. The fraction of sp³-hybridized carbons (Fsp3) is 0.294. The van der Waals surface area contributed by atoms with Crippen LogP contribution in [0.2, 0.25) is 0 Å². The van der Waals surface area contributed by atoms with Crippen LogP contribution in [-0.4, -0.2) is 16.9 Å². The number of hydrogen-bond donors (Lipinski definition) is 2. The average molecular weight is 281 g/mol. The Labute approximate surface area is 124 Å². The van der Waals surface area contributed by atoms with Crippen LogP contribution in [0.3, 0.4) is 0 Å². The molecule has 1 aromatic carbocycles. The number of carbonyl (C=O) groups excluding carboxylic acids is 1. The van der Waals surface area contributed by atoms with E-state index < -0.39 is 0 Å². The quantitative estimate of drug-likeness (QED) is 0.900. The largest absolute Gasteiger partial charge is 0.351 e. The van der Waals surface area contributed by atoms with Gasteiger partial charge in [0.2, 0.25) is 5.91 Å². The van der Waals surface area contributed by atoms with Crippen LogP contribution in [0, 0.1) is 6.92 Å². The maximum absolute atomic E-state index is 12.3. The van der Waals surface area contributed by atoms with Gasteiger partial charge in [0.05, 0.1) is 6.04 Å². The van der Waals surface area contributed by atoms with Gasteiger partial charge in [0.25, 0.3) is 0 Å². The number of fused-ring (bicyclic) bond motifs is 1. The normalized spacial score (nSPS) is 17.1. The van der Waals surface area contributed by atoms with Crippen LogP contribution >= 0.6 is 0 Å². The van der Waals surface area contributed by atoms with Crippen molar-refractivity contribution in [1.29, 1.82) is 0 Å². The molecule has 4 nitrogen and oxygen atoms in total. The van der Waals surface area contributed by atoms with Gasteiger partial charge in [-0.05, 0) is 41.7 Å². The Balaban J connectivity index is 1.61. The molecule has 0 saturated heterocycles. The number of rotatable bonds is 3. The molecule has 3 rings (SSSR count). The summed E-state index contributed by atoms with van der Waals surface area (Å²) in [6, 6.07) is 10.1. The highest BCUT2D eigenvalue weighted by atomic mass is 16.2. The number of aromatic nitrogens is 1. The van der Waals surface area contributed by atoms with E-state index in [1.54, 1.807) is 6.20 Å². The summed E-state index contributed by atoms with van der Waals surface area (Å²) < 4.78 is 0. The van der Waals surface area contributed by atoms with Gasteiger partial charge >= 0.3 is 0 Å².